The first-order valence-corrected chi connectivity index (χ1v) is 8.91. The molecule has 1 heterocycles. The van der Waals surface area contributed by atoms with Gasteiger partial charge in [-0.3, -0.25) is 4.79 Å². The van der Waals surface area contributed by atoms with E-state index < -0.39 is 0 Å². The van der Waals surface area contributed by atoms with Gasteiger partial charge in [0.2, 0.25) is 11.9 Å². The van der Waals surface area contributed by atoms with Gasteiger partial charge in [0, 0.05) is 31.8 Å². The quantitative estimate of drug-likeness (QED) is 0.411. The smallest absolute Gasteiger partial charge is 0.247 e. The van der Waals surface area contributed by atoms with Gasteiger partial charge in [0.25, 0.3) is 0 Å². The molecule has 0 unspecified atom stereocenters. The maximum atomic E-state index is 11.6. The molecular weight excluding hydrogens is 354 g/mol. The molecule has 1 aromatic heterocycles. The summed E-state index contributed by atoms with van der Waals surface area (Å²) >= 11 is 0. The number of aromatic nitrogens is 2. The van der Waals surface area contributed by atoms with Crippen LogP contribution in [0.2, 0.25) is 0 Å². The van der Waals surface area contributed by atoms with E-state index in [1.807, 2.05) is 42.5 Å². The summed E-state index contributed by atoms with van der Waals surface area (Å²) in [5.41, 5.74) is 3.49. The third-order valence-corrected chi connectivity index (χ3v) is 4.17. The third-order valence-electron chi connectivity index (χ3n) is 4.17. The molecule has 0 saturated carbocycles. The number of hydrogen-bond acceptors (Lipinski definition) is 6. The van der Waals surface area contributed by atoms with Crippen LogP contribution in [0.15, 0.2) is 55.1 Å². The Hall–Kier alpha value is -3.45. The van der Waals surface area contributed by atoms with E-state index in [1.54, 1.807) is 14.2 Å². The van der Waals surface area contributed by atoms with Gasteiger partial charge in [-0.25, -0.2) is 4.98 Å². The zero-order chi connectivity index (χ0) is 19.9. The third kappa shape index (κ3) is 4.44. The standard InChI is InChI=1S/C21H23N5O2/c1-4-19(27)24-16-7-5-6-14(12-16)15-8-9-17-18(13-15)25-21(22-2)26-20(17)23-10-11-28-3/h4-9,12-13H,1,10-11H2,2-3H3,(H,24,27)(H2,22,23,25,26). The Morgan fingerprint density at radius 2 is 2.00 bits per heavy atom. The molecule has 0 saturated heterocycles. The van der Waals surface area contributed by atoms with Crippen molar-refractivity contribution >= 4 is 34.3 Å². The molecule has 7 heteroatoms. The average Bonchev–Trinajstić information content (AvgIpc) is 2.73. The van der Waals surface area contributed by atoms with E-state index in [2.05, 4.69) is 32.5 Å². The minimum Gasteiger partial charge on any atom is -0.383 e. The van der Waals surface area contributed by atoms with Gasteiger partial charge in [0.05, 0.1) is 12.1 Å². The predicted octanol–water partition coefficient (Wildman–Crippen LogP) is 3.52. The van der Waals surface area contributed by atoms with Gasteiger partial charge in [-0.1, -0.05) is 24.8 Å². The van der Waals surface area contributed by atoms with E-state index in [1.165, 1.54) is 6.08 Å². The van der Waals surface area contributed by atoms with Gasteiger partial charge in [0.15, 0.2) is 0 Å². The number of ether oxygens (including phenoxy) is 1. The van der Waals surface area contributed by atoms with Crippen molar-refractivity contribution in [2.24, 2.45) is 0 Å². The number of nitrogens with zero attached hydrogens (tertiary/aromatic N) is 2. The van der Waals surface area contributed by atoms with E-state index in [0.29, 0.717) is 24.8 Å². The number of nitrogens with one attached hydrogen (secondary N) is 3. The van der Waals surface area contributed by atoms with Crippen molar-refractivity contribution in [3.63, 3.8) is 0 Å². The van der Waals surface area contributed by atoms with E-state index in [9.17, 15) is 4.79 Å². The summed E-state index contributed by atoms with van der Waals surface area (Å²) in [4.78, 5) is 20.6. The highest BCUT2D eigenvalue weighted by molar-refractivity contribution is 5.99. The van der Waals surface area contributed by atoms with Crippen LogP contribution in [0.5, 0.6) is 0 Å². The SMILES string of the molecule is C=CC(=O)Nc1cccc(-c2ccc3c(NCCOC)nc(NC)nc3c2)c1. The van der Waals surface area contributed by atoms with Crippen LogP contribution in [0.3, 0.4) is 0 Å². The van der Waals surface area contributed by atoms with Crippen molar-refractivity contribution in [3.8, 4) is 11.1 Å². The lowest BCUT2D eigenvalue weighted by atomic mass is 10.0. The van der Waals surface area contributed by atoms with Crippen LogP contribution in [-0.4, -0.2) is 43.2 Å². The molecule has 0 fully saturated rings. The molecule has 144 valence electrons. The Morgan fingerprint density at radius 3 is 2.75 bits per heavy atom. The minimum absolute atomic E-state index is 0.242. The molecule has 0 aliphatic carbocycles. The molecule has 0 aliphatic heterocycles. The monoisotopic (exact) mass is 377 g/mol. The van der Waals surface area contributed by atoms with Crippen molar-refractivity contribution in [1.82, 2.24) is 9.97 Å². The second kappa shape index (κ2) is 8.96. The van der Waals surface area contributed by atoms with Crippen LogP contribution < -0.4 is 16.0 Å². The topological polar surface area (TPSA) is 88.2 Å². The number of amides is 1. The largest absolute Gasteiger partial charge is 0.383 e. The van der Waals surface area contributed by atoms with Crippen LogP contribution in [0, 0.1) is 0 Å². The van der Waals surface area contributed by atoms with Crippen molar-refractivity contribution in [1.29, 1.82) is 0 Å². The van der Waals surface area contributed by atoms with Gasteiger partial charge in [-0.15, -0.1) is 0 Å². The fraction of sp³-hybridized carbons (Fsp3) is 0.190. The summed E-state index contributed by atoms with van der Waals surface area (Å²) < 4.78 is 5.10. The molecule has 1 amide bonds. The van der Waals surface area contributed by atoms with Crippen LogP contribution in [0.25, 0.3) is 22.0 Å². The van der Waals surface area contributed by atoms with E-state index in [0.717, 1.165) is 27.8 Å². The summed E-state index contributed by atoms with van der Waals surface area (Å²) in [5, 5.41) is 9.99. The number of carbonyl (C=O) groups is 1. The summed E-state index contributed by atoms with van der Waals surface area (Å²) in [7, 11) is 3.45. The van der Waals surface area contributed by atoms with E-state index >= 15 is 0 Å². The molecule has 0 bridgehead atoms. The maximum Gasteiger partial charge on any atom is 0.247 e. The van der Waals surface area contributed by atoms with Gasteiger partial charge < -0.3 is 20.7 Å². The number of hydrogen-bond donors (Lipinski definition) is 3. The van der Waals surface area contributed by atoms with Crippen molar-refractivity contribution in [2.45, 2.75) is 0 Å². The second-order valence-electron chi connectivity index (χ2n) is 6.07. The Balaban J connectivity index is 1.98. The molecule has 3 aromatic rings. The van der Waals surface area contributed by atoms with Gasteiger partial charge in [-0.05, 0) is 41.5 Å². The lowest BCUT2D eigenvalue weighted by molar-refractivity contribution is -0.111. The molecule has 28 heavy (non-hydrogen) atoms. The normalized spacial score (nSPS) is 10.5. The van der Waals surface area contributed by atoms with Crippen LogP contribution >= 0.6 is 0 Å². The predicted molar refractivity (Wildman–Crippen MR) is 114 cm³/mol. The Bertz CT molecular complexity index is 1000. The highest BCUT2D eigenvalue weighted by Gasteiger charge is 2.09. The minimum atomic E-state index is -0.242. The number of benzene rings is 2. The summed E-state index contributed by atoms with van der Waals surface area (Å²) in [6.07, 6.45) is 1.25. The number of fused-ring (bicyclic) bond motifs is 1. The molecule has 0 radical (unpaired) electrons. The van der Waals surface area contributed by atoms with Gasteiger partial charge in [0.1, 0.15) is 5.82 Å². The zero-order valence-corrected chi connectivity index (χ0v) is 16.0. The first-order valence-electron chi connectivity index (χ1n) is 8.91. The lowest BCUT2D eigenvalue weighted by Crippen LogP contribution is -2.10. The fourth-order valence-corrected chi connectivity index (χ4v) is 2.80. The Kier molecular flexibility index (Phi) is 6.18. The van der Waals surface area contributed by atoms with Crippen molar-refractivity contribution in [3.05, 3.63) is 55.1 Å². The number of methoxy groups -OCH3 is 1. The molecule has 0 aliphatic rings. The fourth-order valence-electron chi connectivity index (χ4n) is 2.80. The molecule has 3 rings (SSSR count). The lowest BCUT2D eigenvalue weighted by Gasteiger charge is -2.12. The first-order chi connectivity index (χ1) is 13.6. The number of anilines is 3. The maximum absolute atomic E-state index is 11.6. The highest BCUT2D eigenvalue weighted by atomic mass is 16.5. The highest BCUT2D eigenvalue weighted by Crippen LogP contribution is 2.29. The van der Waals surface area contributed by atoms with E-state index in [-0.39, 0.29) is 5.91 Å². The molecule has 3 N–H and O–H groups in total. The summed E-state index contributed by atoms with van der Waals surface area (Å²) in [5.74, 6) is 1.05. The molecule has 0 atom stereocenters. The van der Waals surface area contributed by atoms with Crippen LogP contribution in [0.1, 0.15) is 0 Å². The first kappa shape index (κ1) is 19.3. The second-order valence-corrected chi connectivity index (χ2v) is 6.07. The van der Waals surface area contributed by atoms with Crippen LogP contribution in [0.4, 0.5) is 17.5 Å². The zero-order valence-electron chi connectivity index (χ0n) is 16.0. The van der Waals surface area contributed by atoms with Crippen LogP contribution in [-0.2, 0) is 9.53 Å². The Labute approximate surface area is 163 Å². The molecule has 7 nitrogen and oxygen atoms in total. The summed E-state index contributed by atoms with van der Waals surface area (Å²) in [6.45, 7) is 4.71. The van der Waals surface area contributed by atoms with Crippen molar-refractivity contribution in [2.75, 3.05) is 43.3 Å². The van der Waals surface area contributed by atoms with Crippen molar-refractivity contribution < 1.29 is 9.53 Å². The molecule has 2 aromatic carbocycles. The Morgan fingerprint density at radius 1 is 1.18 bits per heavy atom. The average molecular weight is 377 g/mol. The van der Waals surface area contributed by atoms with E-state index in [4.69, 9.17) is 4.74 Å². The number of carbonyl (C=O) groups excluding carboxylic acids is 1. The molecular formula is C21H23N5O2. The molecule has 0 spiro atoms. The number of rotatable bonds is 8. The summed E-state index contributed by atoms with van der Waals surface area (Å²) in [6, 6.07) is 13.7. The van der Waals surface area contributed by atoms with Gasteiger partial charge in [-0.2, -0.15) is 4.98 Å². The van der Waals surface area contributed by atoms with Gasteiger partial charge >= 0.3 is 0 Å².